The van der Waals surface area contributed by atoms with Crippen molar-refractivity contribution in [3.8, 4) is 0 Å². The lowest BCUT2D eigenvalue weighted by Crippen LogP contribution is -2.47. The van der Waals surface area contributed by atoms with E-state index in [2.05, 4.69) is 34.5 Å². The average Bonchev–Trinajstić information content (AvgIpc) is 2.69. The molecule has 1 amide bonds. The van der Waals surface area contributed by atoms with Gasteiger partial charge in [-0.25, -0.2) is 0 Å². The van der Waals surface area contributed by atoms with Crippen molar-refractivity contribution in [1.29, 1.82) is 0 Å². The summed E-state index contributed by atoms with van der Waals surface area (Å²) in [7, 11) is 7.85. The highest BCUT2D eigenvalue weighted by Gasteiger charge is 2.36. The molecule has 0 saturated heterocycles. The fourth-order valence-electron chi connectivity index (χ4n) is 3.42. The number of para-hydroxylation sites is 1. The van der Waals surface area contributed by atoms with Crippen molar-refractivity contribution < 1.29 is 4.79 Å². The van der Waals surface area contributed by atoms with Crippen LogP contribution in [-0.2, 0) is 4.79 Å². The number of likely N-dealkylation sites (N-methyl/N-ethyl adjacent to an activating group) is 1. The Kier molecular flexibility index (Phi) is 5.70. The number of carbonyl (C=O) groups excluding carboxylic acids is 1. The molecular formula is C22H26N4OS. The topological polar surface area (TPSA) is 38.8 Å². The van der Waals surface area contributed by atoms with Crippen molar-refractivity contribution in [3.05, 3.63) is 71.4 Å². The molecule has 2 aromatic rings. The zero-order chi connectivity index (χ0) is 20.4. The number of anilines is 2. The second-order valence-corrected chi connectivity index (χ2v) is 7.53. The van der Waals surface area contributed by atoms with Crippen LogP contribution in [0.5, 0.6) is 0 Å². The molecule has 0 saturated carbocycles. The monoisotopic (exact) mass is 394 g/mol. The molecule has 1 atom stereocenters. The van der Waals surface area contributed by atoms with E-state index in [1.165, 1.54) is 0 Å². The highest BCUT2D eigenvalue weighted by atomic mass is 32.1. The van der Waals surface area contributed by atoms with Gasteiger partial charge in [-0.05, 0) is 49.0 Å². The maximum absolute atomic E-state index is 13.3. The van der Waals surface area contributed by atoms with Crippen LogP contribution < -0.4 is 10.2 Å². The standard InChI is InChI=1S/C22H26N4OS/c1-15-19(21(27)23-17-9-7-6-8-10-17)20(26(5)22(28)25(15)4)16-11-13-18(14-12-16)24(2)3/h6-14,20H,1-5H3,(H,23,27)/t20-/m1/s1. The van der Waals surface area contributed by atoms with Crippen molar-refractivity contribution in [3.63, 3.8) is 0 Å². The third-order valence-corrected chi connectivity index (χ3v) is 5.71. The van der Waals surface area contributed by atoms with Crippen LogP contribution in [0.4, 0.5) is 11.4 Å². The van der Waals surface area contributed by atoms with Crippen molar-refractivity contribution >= 4 is 34.6 Å². The van der Waals surface area contributed by atoms with Gasteiger partial charge in [-0.3, -0.25) is 4.79 Å². The first-order chi connectivity index (χ1) is 13.3. The van der Waals surface area contributed by atoms with Crippen molar-refractivity contribution in [1.82, 2.24) is 9.80 Å². The number of hydrogen-bond acceptors (Lipinski definition) is 3. The quantitative estimate of drug-likeness (QED) is 0.797. The summed E-state index contributed by atoms with van der Waals surface area (Å²) in [4.78, 5) is 19.2. The number of rotatable bonds is 4. The van der Waals surface area contributed by atoms with Gasteiger partial charge in [0.25, 0.3) is 5.91 Å². The van der Waals surface area contributed by atoms with E-state index in [9.17, 15) is 4.79 Å². The van der Waals surface area contributed by atoms with Gasteiger partial charge >= 0.3 is 0 Å². The summed E-state index contributed by atoms with van der Waals surface area (Å²) >= 11 is 5.62. The molecule has 0 fully saturated rings. The zero-order valence-corrected chi connectivity index (χ0v) is 17.7. The van der Waals surface area contributed by atoms with E-state index in [1.807, 2.05) is 75.2 Å². The summed E-state index contributed by atoms with van der Waals surface area (Å²) in [6.45, 7) is 1.94. The number of thiocarbonyl (C=S) groups is 1. The summed E-state index contributed by atoms with van der Waals surface area (Å²) in [5.41, 5.74) is 4.46. The van der Waals surface area contributed by atoms with Crippen molar-refractivity contribution in [2.24, 2.45) is 0 Å². The second kappa shape index (κ2) is 8.02. The molecule has 0 aliphatic carbocycles. The van der Waals surface area contributed by atoms with Gasteiger partial charge in [0.1, 0.15) is 0 Å². The van der Waals surface area contributed by atoms with E-state index in [0.717, 1.165) is 22.6 Å². The van der Waals surface area contributed by atoms with Crippen molar-refractivity contribution in [2.75, 3.05) is 38.4 Å². The van der Waals surface area contributed by atoms with Crippen LogP contribution in [0.25, 0.3) is 0 Å². The van der Waals surface area contributed by atoms with Gasteiger partial charge in [-0.2, -0.15) is 0 Å². The number of amides is 1. The van der Waals surface area contributed by atoms with E-state index >= 15 is 0 Å². The molecule has 2 aromatic carbocycles. The number of carbonyl (C=O) groups is 1. The first kappa shape index (κ1) is 19.9. The van der Waals surface area contributed by atoms with Crippen LogP contribution in [0.15, 0.2) is 65.9 Å². The summed E-state index contributed by atoms with van der Waals surface area (Å²) in [5.74, 6) is -0.119. The van der Waals surface area contributed by atoms with E-state index in [0.29, 0.717) is 10.7 Å². The minimum Gasteiger partial charge on any atom is -0.378 e. The molecule has 146 valence electrons. The average molecular weight is 395 g/mol. The van der Waals surface area contributed by atoms with E-state index < -0.39 is 0 Å². The van der Waals surface area contributed by atoms with Gasteiger partial charge in [-0.1, -0.05) is 30.3 Å². The van der Waals surface area contributed by atoms with E-state index in [4.69, 9.17) is 12.2 Å². The van der Waals surface area contributed by atoms with Gasteiger partial charge in [0, 0.05) is 45.3 Å². The minimum absolute atomic E-state index is 0.119. The predicted molar refractivity (Wildman–Crippen MR) is 119 cm³/mol. The maximum atomic E-state index is 13.3. The molecule has 0 spiro atoms. The van der Waals surface area contributed by atoms with Gasteiger partial charge in [-0.15, -0.1) is 0 Å². The summed E-state index contributed by atoms with van der Waals surface area (Å²) in [5, 5.41) is 3.72. The summed E-state index contributed by atoms with van der Waals surface area (Å²) in [6.07, 6.45) is 0. The second-order valence-electron chi connectivity index (χ2n) is 7.16. The van der Waals surface area contributed by atoms with Crippen LogP contribution in [0.3, 0.4) is 0 Å². The molecule has 0 unspecified atom stereocenters. The molecule has 1 aliphatic rings. The number of allylic oxidation sites excluding steroid dienone is 1. The zero-order valence-electron chi connectivity index (χ0n) is 16.9. The number of hydrogen-bond donors (Lipinski definition) is 1. The predicted octanol–water partition coefficient (Wildman–Crippen LogP) is 3.87. The van der Waals surface area contributed by atoms with Gasteiger partial charge in [0.15, 0.2) is 5.11 Å². The smallest absolute Gasteiger partial charge is 0.255 e. The molecule has 3 rings (SSSR count). The van der Waals surface area contributed by atoms with Crippen LogP contribution >= 0.6 is 12.2 Å². The molecule has 6 heteroatoms. The Morgan fingerprint density at radius 1 is 1.04 bits per heavy atom. The van der Waals surface area contributed by atoms with E-state index in [1.54, 1.807) is 0 Å². The Labute approximate surface area is 172 Å². The third-order valence-electron chi connectivity index (χ3n) is 5.14. The van der Waals surface area contributed by atoms with Gasteiger partial charge in [0.05, 0.1) is 11.6 Å². The Balaban J connectivity index is 2.03. The summed E-state index contributed by atoms with van der Waals surface area (Å²) < 4.78 is 0. The fraction of sp³-hybridized carbons (Fsp3) is 0.273. The SMILES string of the molecule is CC1=C(C(=O)Nc2ccccc2)[C@@H](c2ccc(N(C)C)cc2)N(C)C(=S)N1C. The highest BCUT2D eigenvalue weighted by Crippen LogP contribution is 2.36. The third kappa shape index (κ3) is 3.73. The molecule has 1 aliphatic heterocycles. The Bertz CT molecular complexity index is 906. The van der Waals surface area contributed by atoms with E-state index in [-0.39, 0.29) is 11.9 Å². The lowest BCUT2D eigenvalue weighted by Gasteiger charge is -2.42. The van der Waals surface area contributed by atoms with Crippen LogP contribution in [0.2, 0.25) is 0 Å². The Hall–Kier alpha value is -2.86. The van der Waals surface area contributed by atoms with Gasteiger partial charge < -0.3 is 20.0 Å². The molecule has 0 radical (unpaired) electrons. The highest BCUT2D eigenvalue weighted by molar-refractivity contribution is 7.80. The first-order valence-electron chi connectivity index (χ1n) is 9.16. The normalized spacial score (nSPS) is 17.0. The number of nitrogens with one attached hydrogen (secondary N) is 1. The molecule has 0 bridgehead atoms. The van der Waals surface area contributed by atoms with Gasteiger partial charge in [0.2, 0.25) is 0 Å². The van der Waals surface area contributed by atoms with Crippen LogP contribution in [0, 0.1) is 0 Å². The molecule has 1 N–H and O–H groups in total. The molecule has 1 heterocycles. The molecule has 5 nitrogen and oxygen atoms in total. The van der Waals surface area contributed by atoms with Crippen LogP contribution in [-0.4, -0.2) is 49.0 Å². The molecule has 0 aromatic heterocycles. The largest absolute Gasteiger partial charge is 0.378 e. The first-order valence-corrected chi connectivity index (χ1v) is 9.57. The minimum atomic E-state index is -0.247. The number of nitrogens with zero attached hydrogens (tertiary/aromatic N) is 3. The number of benzene rings is 2. The Morgan fingerprint density at radius 3 is 2.21 bits per heavy atom. The summed E-state index contributed by atoms with van der Waals surface area (Å²) in [6, 6.07) is 17.5. The lowest BCUT2D eigenvalue weighted by molar-refractivity contribution is -0.113. The molecular weight excluding hydrogens is 368 g/mol. The van der Waals surface area contributed by atoms with Crippen LogP contribution in [0.1, 0.15) is 18.5 Å². The lowest BCUT2D eigenvalue weighted by atomic mass is 9.93. The molecule has 28 heavy (non-hydrogen) atoms. The Morgan fingerprint density at radius 2 is 1.64 bits per heavy atom. The maximum Gasteiger partial charge on any atom is 0.255 e. The fourth-order valence-corrected chi connectivity index (χ4v) is 3.66. The van der Waals surface area contributed by atoms with Crippen molar-refractivity contribution in [2.45, 2.75) is 13.0 Å².